The van der Waals surface area contributed by atoms with Crippen LogP contribution < -0.4 is 0 Å². The van der Waals surface area contributed by atoms with E-state index in [4.69, 9.17) is 28.2 Å². The van der Waals surface area contributed by atoms with Gasteiger partial charge in [-0.15, -0.1) is 0 Å². The number of carbonyl (C=O) groups is 2. The van der Waals surface area contributed by atoms with E-state index < -0.39 is 247 Å². The summed E-state index contributed by atoms with van der Waals surface area (Å²) in [6.45, 7) is 0.418. The van der Waals surface area contributed by atoms with E-state index in [0.717, 1.165) is 47.7 Å². The lowest BCUT2D eigenvalue weighted by atomic mass is 9.86. The summed E-state index contributed by atoms with van der Waals surface area (Å²) >= 11 is 13.2. The molecule has 4 aromatic carbocycles. The largest absolute Gasteiger partial charge is 0.435 e. The van der Waals surface area contributed by atoms with E-state index in [9.17, 15) is 105 Å². The van der Waals surface area contributed by atoms with Crippen LogP contribution in [0.5, 0.6) is 0 Å². The zero-order chi connectivity index (χ0) is 93.7. The highest BCUT2D eigenvalue weighted by molar-refractivity contribution is 7.92. The molecule has 130 heavy (non-hydrogen) atoms. The second-order valence-corrected chi connectivity index (χ2v) is 44.0. The van der Waals surface area contributed by atoms with E-state index in [1.807, 2.05) is 0 Å². The molecule has 0 spiro atoms. The van der Waals surface area contributed by atoms with Crippen LogP contribution in [-0.2, 0) is 117 Å². The quantitative estimate of drug-likeness (QED) is 0.0342. The number of aromatic nitrogens is 10. The Bertz CT molecular complexity index is 6850. The molecule has 6 heterocycles. The third-order valence-corrected chi connectivity index (χ3v) is 30.6. The summed E-state index contributed by atoms with van der Waals surface area (Å²) < 4.78 is 363. The van der Waals surface area contributed by atoms with E-state index in [0.29, 0.717) is 34.3 Å². The van der Waals surface area contributed by atoms with Crippen molar-refractivity contribution in [3.63, 3.8) is 0 Å². The van der Waals surface area contributed by atoms with Crippen molar-refractivity contribution in [2.75, 3.05) is 18.8 Å². The molecule has 0 aliphatic heterocycles. The number of alkyl halides is 14. The number of hydrogen-bond donors (Lipinski definition) is 0. The van der Waals surface area contributed by atoms with Crippen molar-refractivity contribution in [1.29, 1.82) is 0 Å². The van der Waals surface area contributed by atoms with Crippen LogP contribution >= 0.6 is 23.2 Å². The van der Waals surface area contributed by atoms with Gasteiger partial charge in [0.2, 0.25) is 0 Å². The van der Waals surface area contributed by atoms with Gasteiger partial charge in [-0.2, -0.15) is 64.3 Å². The summed E-state index contributed by atoms with van der Waals surface area (Å²) in [5.74, 6) is -11.6. The lowest BCUT2D eigenvalue weighted by molar-refractivity contribution is -0.143. The zero-order valence-electron chi connectivity index (χ0n) is 67.9. The molecule has 20 nitrogen and oxygen atoms in total. The highest BCUT2D eigenvalue weighted by Gasteiger charge is 2.69. The van der Waals surface area contributed by atoms with Crippen LogP contribution in [0.25, 0.3) is 44.1 Å². The highest BCUT2D eigenvalue weighted by atomic mass is 35.5. The van der Waals surface area contributed by atoms with Crippen LogP contribution in [0.1, 0.15) is 190 Å². The summed E-state index contributed by atoms with van der Waals surface area (Å²) in [5.41, 5.74) is -7.00. The number of fused-ring (bicyclic) bond motifs is 8. The molecule has 0 saturated heterocycles. The summed E-state index contributed by atoms with van der Waals surface area (Å²) in [4.78, 5) is 37.6. The number of benzene rings is 4. The average molecular weight is 1950 g/mol. The molecule has 3 fully saturated rings. The molecule has 3 saturated carbocycles. The Morgan fingerprint density at radius 2 is 0.923 bits per heavy atom. The molecule has 44 heteroatoms. The number of ketones is 2. The van der Waals surface area contributed by atoms with Crippen molar-refractivity contribution < 1.29 is 122 Å². The van der Waals surface area contributed by atoms with Crippen molar-refractivity contribution in [1.82, 2.24) is 49.1 Å². The Labute approximate surface area is 744 Å². The normalized spacial score (nSPS) is 17.9. The first kappa shape index (κ1) is 99.1. The van der Waals surface area contributed by atoms with E-state index in [1.165, 1.54) is 76.2 Å². The maximum Gasteiger partial charge on any atom is 0.435 e. The average Bonchev–Trinajstić information content (AvgIpc) is 1.52. The number of nitrogens with zero attached hydrogens (tertiary/aromatic N) is 10. The minimum atomic E-state index is -5.16. The van der Waals surface area contributed by atoms with Crippen LogP contribution in [0.2, 0.25) is 10.0 Å². The van der Waals surface area contributed by atoms with Crippen LogP contribution in [-0.4, -0.2) is 140 Å². The Balaban J connectivity index is 0.000000232. The molecule has 10 aromatic rings. The first-order chi connectivity index (χ1) is 59.2. The predicted molar refractivity (Wildman–Crippen MR) is 446 cm³/mol. The molecule has 0 radical (unpaired) electrons. The molecule has 6 unspecified atom stereocenters. The van der Waals surface area contributed by atoms with Gasteiger partial charge in [0.1, 0.15) is 87.4 Å². The van der Waals surface area contributed by atoms with Gasteiger partial charge in [-0.25, -0.2) is 78.8 Å². The van der Waals surface area contributed by atoms with Crippen LogP contribution in [0.4, 0.5) is 79.0 Å². The smallest absolute Gasteiger partial charge is 0.298 e. The molecular formula is C86H80Cl2F18N10O10S4. The van der Waals surface area contributed by atoms with Crippen LogP contribution in [0.3, 0.4) is 0 Å². The number of sulfone groups is 4. The molecule has 0 bridgehead atoms. The lowest BCUT2D eigenvalue weighted by Gasteiger charge is -2.22. The van der Waals surface area contributed by atoms with Gasteiger partial charge in [-0.05, 0) is 162 Å². The second kappa shape index (κ2) is 35.3. The van der Waals surface area contributed by atoms with Gasteiger partial charge in [0.25, 0.3) is 24.7 Å². The van der Waals surface area contributed by atoms with E-state index in [1.54, 1.807) is 0 Å². The molecule has 698 valence electrons. The van der Waals surface area contributed by atoms with Crippen LogP contribution in [0.15, 0.2) is 84.9 Å². The van der Waals surface area contributed by atoms with Gasteiger partial charge in [0.05, 0.1) is 60.6 Å². The molecule has 5 aliphatic rings. The van der Waals surface area contributed by atoms with Crippen molar-refractivity contribution in [2.45, 2.75) is 207 Å². The first-order valence-electron chi connectivity index (χ1n) is 39.0. The molecule has 0 amide bonds. The Hall–Kier alpha value is -9.88. The standard InChI is InChI=1S/C43H38ClF8N5O5S2.C41H34ClF10N5O5S2.2CH4/c1-42(2,63(3,59)60)11-10-25-4-7-28(29-8-9-32(44)36-33(20-64(61,62)27-5-6-27)54-56(39(29)36)19-34(47)48)37(53-25)22(12-21-13-23(45)16-24(46)14-21)15-26(58)18-57-40-35(38(55-57)41(49)50)30-17-31(30)43(40,51)52;1-38(2,64(4,61)62)10-9-24-5-6-26(27-7-8-30(42)33-31(18-63(3,59)60)54-57(35(27)33)19-39(45,46)47)34(53-24)21(11-20-12-22(43)15-23(44)13-20)14-25(58)17-56-37-32(36(55-56)41(50,51)52)28-16-29(28)40(37,48)49;;/h4,7-9,13-14,16,22,27,30-31,34,41H,5-6,12,15,17-20H2,1-3H3;5-8,12-13,15,21,28-29H,11,14,16-19H2,1-4H3;2*1H4. The molecule has 5 aliphatic carbocycles. The molecule has 6 aromatic heterocycles. The third kappa shape index (κ3) is 20.4. The fourth-order valence-electron chi connectivity index (χ4n) is 16.4. The zero-order valence-corrected chi connectivity index (χ0v) is 72.7. The molecule has 6 atom stereocenters. The van der Waals surface area contributed by atoms with Gasteiger partial charge >= 0.3 is 12.4 Å². The monoisotopic (exact) mass is 1950 g/mol. The van der Waals surface area contributed by atoms with Crippen LogP contribution in [0, 0.1) is 58.8 Å². The number of carbonyl (C=O) groups excluding carboxylic acids is 2. The van der Waals surface area contributed by atoms with Gasteiger partial charge < -0.3 is 0 Å². The fourth-order valence-corrected chi connectivity index (χ4v) is 19.8. The Kier molecular flexibility index (Phi) is 26.9. The number of pyridine rings is 2. The van der Waals surface area contributed by atoms with Crippen molar-refractivity contribution in [3.8, 4) is 45.9 Å². The van der Waals surface area contributed by atoms with Gasteiger partial charge in [0.15, 0.2) is 56.6 Å². The van der Waals surface area contributed by atoms with Crippen molar-refractivity contribution >= 4 is 95.9 Å². The van der Waals surface area contributed by atoms with Crippen molar-refractivity contribution in [2.24, 2.45) is 11.8 Å². The Morgan fingerprint density at radius 3 is 1.32 bits per heavy atom. The number of halogens is 20. The second-order valence-electron chi connectivity index (χ2n) is 33.6. The number of Topliss-reactive ketones (excluding diaryl/α,β-unsaturated/α-hetero) is 2. The Morgan fingerprint density at radius 1 is 0.523 bits per heavy atom. The van der Waals surface area contributed by atoms with E-state index in [-0.39, 0.29) is 144 Å². The van der Waals surface area contributed by atoms with Gasteiger partial charge in [0, 0.05) is 112 Å². The first-order valence-corrected chi connectivity index (χ1v) is 47.4. The minimum absolute atomic E-state index is 0. The third-order valence-electron chi connectivity index (χ3n) is 23.1. The maximum atomic E-state index is 15.5. The van der Waals surface area contributed by atoms with E-state index >= 15 is 17.6 Å². The molecular weight excluding hydrogens is 1870 g/mol. The topological polar surface area (TPSA) is 268 Å². The summed E-state index contributed by atoms with van der Waals surface area (Å²) in [7, 11) is -15.3. The number of rotatable bonds is 27. The van der Waals surface area contributed by atoms with E-state index in [2.05, 4.69) is 49.1 Å². The van der Waals surface area contributed by atoms with Crippen molar-refractivity contribution in [3.05, 3.63) is 197 Å². The predicted octanol–water partition coefficient (Wildman–Crippen LogP) is 18.9. The fraction of sp³-hybridized carbons (Fsp3) is 0.442. The highest BCUT2D eigenvalue weighted by Crippen LogP contribution is 2.70. The molecule has 0 N–H and O–H groups in total. The van der Waals surface area contributed by atoms with Gasteiger partial charge in [-0.1, -0.05) is 62.0 Å². The summed E-state index contributed by atoms with van der Waals surface area (Å²) in [6.07, 6.45) is -15.4. The summed E-state index contributed by atoms with van der Waals surface area (Å²) in [5, 5.41) is 14.3. The summed E-state index contributed by atoms with van der Waals surface area (Å²) in [6, 6.07) is 15.4. The number of hydrogen-bond acceptors (Lipinski definition) is 16. The molecule has 15 rings (SSSR count). The lowest BCUT2D eigenvalue weighted by Crippen LogP contribution is -2.28. The SMILES string of the molecule is C.C.CC(C)(C#Cc1ccc(-c2ccc(Cl)c3c(CS(=O)(=O)C4CC4)nn(CC(F)F)c23)c(C(CC(=O)Cn2nc(C(F)F)c3c2C(F)(F)C2CC32)Cc2cc(F)cc(F)c2)n1)S(C)(=O)=O.CC(C)(C#Cc1ccc(-c2ccc(Cl)c3c(CS(C)(=O)=O)nn(CC(F)(F)F)c23)c(C(CC(=O)Cn2nc(C(F)(F)F)c3c2C(F)(F)C2CC32)Cc2cc(F)cc(F)c2)n1)S(C)(=O)=O. The van der Waals surface area contributed by atoms with Gasteiger partial charge in [-0.3, -0.25) is 28.3 Å². The minimum Gasteiger partial charge on any atom is -0.298 e. The maximum absolute atomic E-state index is 15.5.